The predicted octanol–water partition coefficient (Wildman–Crippen LogP) is 4.89. The van der Waals surface area contributed by atoms with E-state index in [1.54, 1.807) is 45.0 Å². The van der Waals surface area contributed by atoms with E-state index in [0.29, 0.717) is 11.3 Å². The first kappa shape index (κ1) is 29.4. The van der Waals surface area contributed by atoms with Crippen molar-refractivity contribution in [2.45, 2.75) is 37.8 Å². The molecular weight excluding hydrogens is 551 g/mol. The third-order valence-corrected chi connectivity index (χ3v) is 7.64. The van der Waals surface area contributed by atoms with Crippen molar-refractivity contribution in [3.63, 3.8) is 0 Å². The maximum Gasteiger partial charge on any atom is 0.360 e. The molecule has 0 saturated heterocycles. The number of aromatic nitrogens is 1. The summed E-state index contributed by atoms with van der Waals surface area (Å²) >= 11 is 0.903. The van der Waals surface area contributed by atoms with Gasteiger partial charge in [0, 0.05) is 4.91 Å². The van der Waals surface area contributed by atoms with Gasteiger partial charge in [-0.3, -0.25) is 9.10 Å². The van der Waals surface area contributed by atoms with Gasteiger partial charge in [-0.15, -0.1) is 11.3 Å². The highest BCUT2D eigenvalue weighted by Crippen LogP contribution is 2.34. The molecule has 2 aromatic carbocycles. The molecule has 0 spiro atoms. The smallest absolute Gasteiger partial charge is 0.360 e. The summed E-state index contributed by atoms with van der Waals surface area (Å²) in [6.45, 7) is 4.21. The van der Waals surface area contributed by atoms with Crippen molar-refractivity contribution in [3.05, 3.63) is 75.5 Å². The molecule has 0 aliphatic rings. The lowest BCUT2D eigenvalue weighted by Crippen LogP contribution is -2.32. The van der Waals surface area contributed by atoms with Crippen LogP contribution in [0.1, 0.15) is 36.8 Å². The van der Waals surface area contributed by atoms with Crippen molar-refractivity contribution in [1.29, 1.82) is 0 Å². The third kappa shape index (κ3) is 7.44. The Hall–Kier alpha value is -4.20. The highest BCUT2D eigenvalue weighted by molar-refractivity contribution is 7.93. The maximum atomic E-state index is 14.9. The van der Waals surface area contributed by atoms with E-state index < -0.39 is 44.8 Å². The Bertz CT molecular complexity index is 1510. The topological polar surface area (TPSA) is 164 Å². The highest BCUT2D eigenvalue weighted by Gasteiger charge is 2.33. The van der Waals surface area contributed by atoms with Gasteiger partial charge in [0.05, 0.1) is 29.7 Å². The van der Waals surface area contributed by atoms with Gasteiger partial charge >= 0.3 is 5.97 Å². The van der Waals surface area contributed by atoms with Crippen molar-refractivity contribution >= 4 is 43.9 Å². The summed E-state index contributed by atoms with van der Waals surface area (Å²) in [6.07, 6.45) is 0. The molecular formula is C24H25FN6O6S2. The van der Waals surface area contributed by atoms with Gasteiger partial charge < -0.3 is 14.8 Å². The van der Waals surface area contributed by atoms with Crippen molar-refractivity contribution in [2.75, 3.05) is 23.3 Å². The number of azide groups is 1. The van der Waals surface area contributed by atoms with Crippen molar-refractivity contribution in [3.8, 4) is 5.75 Å². The van der Waals surface area contributed by atoms with Crippen LogP contribution in [0.15, 0.2) is 58.0 Å². The molecule has 0 unspecified atom stereocenters. The van der Waals surface area contributed by atoms with Gasteiger partial charge in [-0.25, -0.2) is 22.6 Å². The van der Waals surface area contributed by atoms with E-state index in [-0.39, 0.29) is 22.9 Å². The number of nitrogens with one attached hydrogen (secondary N) is 1. The lowest BCUT2D eigenvalue weighted by molar-refractivity contribution is -0.114. The molecule has 0 aliphatic heterocycles. The Kier molecular flexibility index (Phi) is 9.11. The number of carbonyl (C=O) groups is 2. The van der Waals surface area contributed by atoms with Gasteiger partial charge in [-0.1, -0.05) is 17.2 Å². The largest absolute Gasteiger partial charge is 0.497 e. The van der Waals surface area contributed by atoms with Crippen molar-refractivity contribution < 1.29 is 31.9 Å². The van der Waals surface area contributed by atoms with Gasteiger partial charge in [0.1, 0.15) is 28.7 Å². The fourth-order valence-electron chi connectivity index (χ4n) is 3.22. The first-order chi connectivity index (χ1) is 18.4. The predicted molar refractivity (Wildman–Crippen MR) is 143 cm³/mol. The number of amides is 1. The summed E-state index contributed by atoms with van der Waals surface area (Å²) in [5.41, 5.74) is 8.81. The van der Waals surface area contributed by atoms with E-state index in [9.17, 15) is 22.4 Å². The SMILES string of the molecule is COc1ccc(CN(c2scnc2C(=O)OC(C)(C)C)S(=O)(=O)c2ccc(NC(=O)CN=[N+]=[N-])c(F)c2)cc1. The van der Waals surface area contributed by atoms with E-state index in [2.05, 4.69) is 20.3 Å². The summed E-state index contributed by atoms with van der Waals surface area (Å²) in [6, 6.07) is 9.52. The zero-order chi connectivity index (χ0) is 28.8. The molecule has 0 atom stereocenters. The monoisotopic (exact) mass is 576 g/mol. The Morgan fingerprint density at radius 3 is 2.49 bits per heavy atom. The number of methoxy groups -OCH3 is 1. The molecule has 0 saturated carbocycles. The summed E-state index contributed by atoms with van der Waals surface area (Å²) in [5, 5.41) is 5.28. The Labute approximate surface area is 228 Å². The first-order valence-corrected chi connectivity index (χ1v) is 13.6. The number of esters is 1. The number of hydrogen-bond acceptors (Lipinski definition) is 9. The van der Waals surface area contributed by atoms with Gasteiger partial charge in [0.15, 0.2) is 5.69 Å². The van der Waals surface area contributed by atoms with Gasteiger partial charge in [-0.2, -0.15) is 0 Å². The highest BCUT2D eigenvalue weighted by atomic mass is 32.2. The van der Waals surface area contributed by atoms with Crippen LogP contribution in [0.2, 0.25) is 0 Å². The van der Waals surface area contributed by atoms with Crippen LogP contribution in [0.4, 0.5) is 15.1 Å². The second kappa shape index (κ2) is 12.1. The normalized spacial score (nSPS) is 11.3. The molecule has 1 amide bonds. The van der Waals surface area contributed by atoms with Gasteiger partial charge in [-0.05, 0) is 62.2 Å². The zero-order valence-corrected chi connectivity index (χ0v) is 23.0. The number of carbonyl (C=O) groups excluding carboxylic acids is 2. The number of rotatable bonds is 10. The number of ether oxygens (including phenoxy) is 2. The van der Waals surface area contributed by atoms with Crippen LogP contribution in [0.3, 0.4) is 0 Å². The maximum absolute atomic E-state index is 14.9. The molecule has 3 aromatic rings. The molecule has 1 aromatic heterocycles. The number of sulfonamides is 1. The number of benzene rings is 2. The number of thiazole rings is 1. The molecule has 12 nitrogen and oxygen atoms in total. The van der Waals surface area contributed by atoms with E-state index in [1.807, 2.05) is 0 Å². The minimum Gasteiger partial charge on any atom is -0.497 e. The average Bonchev–Trinajstić information content (AvgIpc) is 3.36. The summed E-state index contributed by atoms with van der Waals surface area (Å²) in [4.78, 5) is 30.7. The van der Waals surface area contributed by atoms with Crippen LogP contribution in [-0.4, -0.2) is 44.5 Å². The number of nitrogens with zero attached hydrogens (tertiary/aromatic N) is 5. The molecule has 1 N–H and O–H groups in total. The molecule has 0 bridgehead atoms. The standard InChI is InChI=1S/C24H25FN6O6S2/c1-24(2,3)37-23(33)21-22(38-14-27-21)31(13-15-5-7-16(36-4)8-6-15)39(34,35)17-9-10-19(18(25)11-17)29-20(32)12-28-30-26/h5-11,14H,12-13H2,1-4H3,(H,29,32). The van der Waals surface area contributed by atoms with Crippen LogP contribution >= 0.6 is 11.3 Å². The second-order valence-electron chi connectivity index (χ2n) is 8.95. The molecule has 39 heavy (non-hydrogen) atoms. The molecule has 15 heteroatoms. The second-order valence-corrected chi connectivity index (χ2v) is 11.6. The summed E-state index contributed by atoms with van der Waals surface area (Å²) < 4.78 is 54.1. The quantitative estimate of drug-likeness (QED) is 0.155. The number of hydrogen-bond donors (Lipinski definition) is 1. The van der Waals surface area contributed by atoms with E-state index >= 15 is 0 Å². The van der Waals surface area contributed by atoms with Crippen LogP contribution in [-0.2, 0) is 26.1 Å². The molecule has 0 aliphatic carbocycles. The molecule has 0 radical (unpaired) electrons. The fourth-order valence-corrected chi connectivity index (χ4v) is 5.70. The zero-order valence-electron chi connectivity index (χ0n) is 21.4. The first-order valence-electron chi connectivity index (χ1n) is 11.3. The van der Waals surface area contributed by atoms with Crippen molar-refractivity contribution in [1.82, 2.24) is 4.98 Å². The minimum atomic E-state index is -4.47. The Morgan fingerprint density at radius 2 is 1.90 bits per heavy atom. The average molecular weight is 577 g/mol. The Morgan fingerprint density at radius 1 is 1.21 bits per heavy atom. The van der Waals surface area contributed by atoms with E-state index in [1.165, 1.54) is 12.6 Å². The summed E-state index contributed by atoms with van der Waals surface area (Å²) in [7, 11) is -2.98. The molecule has 3 rings (SSSR count). The van der Waals surface area contributed by atoms with E-state index in [0.717, 1.165) is 33.8 Å². The van der Waals surface area contributed by atoms with Gasteiger partial charge in [0.25, 0.3) is 10.0 Å². The molecule has 206 valence electrons. The Balaban J connectivity index is 2.05. The lowest BCUT2D eigenvalue weighted by atomic mass is 10.2. The number of halogens is 1. The van der Waals surface area contributed by atoms with Crippen LogP contribution in [0.5, 0.6) is 5.75 Å². The van der Waals surface area contributed by atoms with Crippen LogP contribution in [0.25, 0.3) is 10.4 Å². The third-order valence-electron chi connectivity index (χ3n) is 4.93. The van der Waals surface area contributed by atoms with Gasteiger partial charge in [0.2, 0.25) is 5.91 Å². The van der Waals surface area contributed by atoms with E-state index in [4.69, 9.17) is 15.0 Å². The minimum absolute atomic E-state index is 0.0211. The van der Waals surface area contributed by atoms with Crippen LogP contribution in [0, 0.1) is 5.82 Å². The van der Waals surface area contributed by atoms with Crippen LogP contribution < -0.4 is 14.4 Å². The molecule has 1 heterocycles. The fraction of sp³-hybridized carbons (Fsp3) is 0.292. The number of anilines is 2. The molecule has 0 fully saturated rings. The van der Waals surface area contributed by atoms with Crippen molar-refractivity contribution in [2.24, 2.45) is 5.11 Å². The summed E-state index contributed by atoms with van der Waals surface area (Å²) in [5.74, 6) is -2.08. The lowest BCUT2D eigenvalue weighted by Gasteiger charge is -2.25.